The Morgan fingerprint density at radius 1 is 1.00 bits per heavy atom. The molecule has 0 spiro atoms. The molecule has 4 atom stereocenters. The van der Waals surface area contributed by atoms with Gasteiger partial charge in [0.1, 0.15) is 0 Å². The van der Waals surface area contributed by atoms with Crippen LogP contribution in [0.4, 0.5) is 0 Å². The normalized spacial score (nSPS) is 38.1. The molecular weight excluding hydrogens is 232 g/mol. The number of hydrogen-bond donors (Lipinski definition) is 1. The molecule has 2 fully saturated rings. The Bertz CT molecular complexity index is 254. The minimum absolute atomic E-state index is 0.775. The lowest BCUT2D eigenvalue weighted by molar-refractivity contribution is 0.0931. The van der Waals surface area contributed by atoms with Gasteiger partial charge in [0, 0.05) is 25.2 Å². The van der Waals surface area contributed by atoms with Crippen LogP contribution in [0.5, 0.6) is 0 Å². The third-order valence-electron chi connectivity index (χ3n) is 5.34. The van der Waals surface area contributed by atoms with Gasteiger partial charge in [-0.3, -0.25) is 0 Å². The van der Waals surface area contributed by atoms with Crippen LogP contribution in [-0.2, 0) is 0 Å². The molecular formula is C17H34N2. The Balaban J connectivity index is 1.93. The molecule has 1 N–H and O–H groups in total. The first kappa shape index (κ1) is 15.3. The van der Waals surface area contributed by atoms with E-state index in [9.17, 15) is 0 Å². The molecule has 19 heavy (non-hydrogen) atoms. The van der Waals surface area contributed by atoms with Crippen molar-refractivity contribution in [3.63, 3.8) is 0 Å². The van der Waals surface area contributed by atoms with Gasteiger partial charge in [-0.1, -0.05) is 33.1 Å². The van der Waals surface area contributed by atoms with Crippen molar-refractivity contribution >= 4 is 0 Å². The van der Waals surface area contributed by atoms with E-state index in [1.807, 2.05) is 0 Å². The van der Waals surface area contributed by atoms with E-state index in [-0.39, 0.29) is 0 Å². The van der Waals surface area contributed by atoms with Crippen molar-refractivity contribution in [2.45, 2.75) is 77.8 Å². The van der Waals surface area contributed by atoms with Crippen LogP contribution in [0, 0.1) is 11.8 Å². The third-order valence-corrected chi connectivity index (χ3v) is 5.34. The summed E-state index contributed by atoms with van der Waals surface area (Å²) in [5.41, 5.74) is 0. The Morgan fingerprint density at radius 2 is 1.79 bits per heavy atom. The molecule has 0 aromatic heterocycles. The van der Waals surface area contributed by atoms with Crippen molar-refractivity contribution in [2.75, 3.05) is 19.6 Å². The smallest absolute Gasteiger partial charge is 0.0107 e. The SMILES string of the molecule is CCNC1CCCCCC1CN1CC(C)CCC1C. The van der Waals surface area contributed by atoms with E-state index in [4.69, 9.17) is 0 Å². The van der Waals surface area contributed by atoms with Crippen molar-refractivity contribution in [3.8, 4) is 0 Å². The lowest BCUT2D eigenvalue weighted by atomic mass is 9.90. The van der Waals surface area contributed by atoms with Gasteiger partial charge in [0.25, 0.3) is 0 Å². The van der Waals surface area contributed by atoms with Gasteiger partial charge in [0.05, 0.1) is 0 Å². The Labute approximate surface area is 120 Å². The summed E-state index contributed by atoms with van der Waals surface area (Å²) in [4.78, 5) is 2.79. The molecule has 1 saturated heterocycles. The molecule has 4 unspecified atom stereocenters. The van der Waals surface area contributed by atoms with Crippen LogP contribution in [0.15, 0.2) is 0 Å². The van der Waals surface area contributed by atoms with Crippen molar-refractivity contribution in [2.24, 2.45) is 11.8 Å². The van der Waals surface area contributed by atoms with E-state index in [0.29, 0.717) is 0 Å². The second-order valence-electron chi connectivity index (χ2n) is 7.05. The monoisotopic (exact) mass is 266 g/mol. The number of nitrogens with zero attached hydrogens (tertiary/aromatic N) is 1. The van der Waals surface area contributed by atoms with Gasteiger partial charge in [-0.2, -0.15) is 0 Å². The molecule has 2 heteroatoms. The molecule has 0 aromatic rings. The Morgan fingerprint density at radius 3 is 2.58 bits per heavy atom. The molecule has 2 rings (SSSR count). The summed E-state index contributed by atoms with van der Waals surface area (Å²) in [5, 5.41) is 3.76. The van der Waals surface area contributed by atoms with Crippen molar-refractivity contribution in [3.05, 3.63) is 0 Å². The molecule has 0 bridgehead atoms. The average Bonchev–Trinajstić information content (AvgIpc) is 2.60. The molecule has 1 heterocycles. The van der Waals surface area contributed by atoms with E-state index in [2.05, 4.69) is 31.0 Å². The van der Waals surface area contributed by atoms with E-state index in [1.54, 1.807) is 0 Å². The molecule has 2 aliphatic rings. The van der Waals surface area contributed by atoms with E-state index >= 15 is 0 Å². The highest BCUT2D eigenvalue weighted by Gasteiger charge is 2.29. The lowest BCUT2D eigenvalue weighted by Crippen LogP contribution is -2.47. The number of hydrogen-bond acceptors (Lipinski definition) is 2. The van der Waals surface area contributed by atoms with Gasteiger partial charge in [-0.05, 0) is 51.0 Å². The van der Waals surface area contributed by atoms with Crippen LogP contribution in [0.2, 0.25) is 0 Å². The van der Waals surface area contributed by atoms with Crippen molar-refractivity contribution in [1.29, 1.82) is 0 Å². The first-order valence-corrected chi connectivity index (χ1v) is 8.68. The third kappa shape index (κ3) is 4.46. The zero-order valence-electron chi connectivity index (χ0n) is 13.3. The quantitative estimate of drug-likeness (QED) is 0.781. The summed E-state index contributed by atoms with van der Waals surface area (Å²) < 4.78 is 0. The molecule has 0 radical (unpaired) electrons. The maximum Gasteiger partial charge on any atom is 0.0107 e. The predicted octanol–water partition coefficient (Wildman–Crippen LogP) is 3.67. The van der Waals surface area contributed by atoms with Gasteiger partial charge < -0.3 is 10.2 Å². The summed E-state index contributed by atoms with van der Waals surface area (Å²) in [5.74, 6) is 1.79. The lowest BCUT2D eigenvalue weighted by Gasteiger charge is -2.40. The molecule has 1 aliphatic carbocycles. The van der Waals surface area contributed by atoms with Gasteiger partial charge >= 0.3 is 0 Å². The summed E-state index contributed by atoms with van der Waals surface area (Å²) in [7, 11) is 0. The fourth-order valence-corrected chi connectivity index (χ4v) is 4.07. The summed E-state index contributed by atoms with van der Waals surface area (Å²) in [6.07, 6.45) is 10.00. The second-order valence-corrected chi connectivity index (χ2v) is 7.05. The molecule has 0 amide bonds. The zero-order valence-corrected chi connectivity index (χ0v) is 13.3. The topological polar surface area (TPSA) is 15.3 Å². The number of nitrogens with one attached hydrogen (secondary N) is 1. The van der Waals surface area contributed by atoms with Crippen molar-refractivity contribution in [1.82, 2.24) is 10.2 Å². The molecule has 0 aromatic carbocycles. The zero-order chi connectivity index (χ0) is 13.7. The highest BCUT2D eigenvalue weighted by molar-refractivity contribution is 4.85. The van der Waals surface area contributed by atoms with Crippen LogP contribution >= 0.6 is 0 Å². The Hall–Kier alpha value is -0.0800. The van der Waals surface area contributed by atoms with Crippen LogP contribution in [0.25, 0.3) is 0 Å². The molecule has 112 valence electrons. The van der Waals surface area contributed by atoms with Crippen molar-refractivity contribution < 1.29 is 0 Å². The highest BCUT2D eigenvalue weighted by Crippen LogP contribution is 2.28. The Kier molecular flexibility index (Phi) is 6.15. The minimum Gasteiger partial charge on any atom is -0.314 e. The largest absolute Gasteiger partial charge is 0.314 e. The van der Waals surface area contributed by atoms with Gasteiger partial charge in [0.2, 0.25) is 0 Å². The predicted molar refractivity (Wildman–Crippen MR) is 83.5 cm³/mol. The fourth-order valence-electron chi connectivity index (χ4n) is 4.07. The van der Waals surface area contributed by atoms with Crippen LogP contribution in [0.3, 0.4) is 0 Å². The van der Waals surface area contributed by atoms with E-state index in [0.717, 1.165) is 30.5 Å². The highest BCUT2D eigenvalue weighted by atomic mass is 15.2. The van der Waals surface area contributed by atoms with Gasteiger partial charge in [-0.25, -0.2) is 0 Å². The maximum atomic E-state index is 3.76. The standard InChI is InChI=1S/C17H34N2/c1-4-18-17-9-7-5-6-8-16(17)13-19-12-14(2)10-11-15(19)3/h14-18H,4-13H2,1-3H3. The fraction of sp³-hybridized carbons (Fsp3) is 1.00. The first-order valence-electron chi connectivity index (χ1n) is 8.68. The van der Waals surface area contributed by atoms with Crippen LogP contribution < -0.4 is 5.32 Å². The molecule has 1 aliphatic heterocycles. The minimum atomic E-state index is 0.775. The first-order chi connectivity index (χ1) is 9.20. The van der Waals surface area contributed by atoms with Crippen LogP contribution in [-0.4, -0.2) is 36.6 Å². The molecule has 2 nitrogen and oxygen atoms in total. The average molecular weight is 266 g/mol. The van der Waals surface area contributed by atoms with E-state index in [1.165, 1.54) is 58.0 Å². The number of likely N-dealkylation sites (tertiary alicyclic amines) is 1. The van der Waals surface area contributed by atoms with E-state index < -0.39 is 0 Å². The number of rotatable bonds is 4. The maximum absolute atomic E-state index is 3.76. The second kappa shape index (κ2) is 7.64. The molecule has 1 saturated carbocycles. The summed E-state index contributed by atoms with van der Waals surface area (Å²) in [6.45, 7) is 10.9. The number of piperidine rings is 1. The summed E-state index contributed by atoms with van der Waals surface area (Å²) in [6, 6.07) is 1.58. The van der Waals surface area contributed by atoms with Gasteiger partial charge in [0.15, 0.2) is 0 Å². The summed E-state index contributed by atoms with van der Waals surface area (Å²) >= 11 is 0. The van der Waals surface area contributed by atoms with Crippen LogP contribution in [0.1, 0.15) is 65.7 Å². The van der Waals surface area contributed by atoms with Gasteiger partial charge in [-0.15, -0.1) is 0 Å².